The summed E-state index contributed by atoms with van der Waals surface area (Å²) in [4.78, 5) is 6.57. The predicted molar refractivity (Wildman–Crippen MR) is 83.4 cm³/mol. The molecular formula is C15H19ClN4. The Balaban J connectivity index is 2.09. The SMILES string of the molecule is CC(c1cccc(Cl)c1)N(C)Cc1cc(NN)ccn1. The van der Waals surface area contributed by atoms with Crippen LogP contribution in [0.1, 0.15) is 24.2 Å². The van der Waals surface area contributed by atoms with Crippen molar-refractivity contribution in [1.29, 1.82) is 0 Å². The number of benzene rings is 1. The minimum absolute atomic E-state index is 0.255. The standard InChI is InChI=1S/C15H19ClN4/c1-11(12-4-3-5-13(16)8-12)20(2)10-15-9-14(19-17)6-7-18-15/h3-9,11H,10,17H2,1-2H3,(H,18,19). The lowest BCUT2D eigenvalue weighted by atomic mass is 10.1. The first-order valence-corrected chi connectivity index (χ1v) is 6.85. The average Bonchev–Trinajstić information content (AvgIpc) is 2.46. The number of nitrogens with one attached hydrogen (secondary N) is 1. The zero-order chi connectivity index (χ0) is 14.5. The molecule has 1 unspecified atom stereocenters. The van der Waals surface area contributed by atoms with E-state index in [1.165, 1.54) is 5.56 Å². The van der Waals surface area contributed by atoms with Gasteiger partial charge in [0.25, 0.3) is 0 Å². The maximum Gasteiger partial charge on any atom is 0.0565 e. The van der Waals surface area contributed by atoms with Crippen molar-refractivity contribution in [3.8, 4) is 0 Å². The number of nitrogens with two attached hydrogens (primary N) is 1. The molecule has 0 spiro atoms. The third-order valence-corrected chi connectivity index (χ3v) is 3.62. The molecule has 0 saturated carbocycles. The van der Waals surface area contributed by atoms with E-state index < -0.39 is 0 Å². The van der Waals surface area contributed by atoms with Gasteiger partial charge < -0.3 is 5.43 Å². The Morgan fingerprint density at radius 1 is 1.35 bits per heavy atom. The average molecular weight is 291 g/mol. The highest BCUT2D eigenvalue weighted by Crippen LogP contribution is 2.23. The van der Waals surface area contributed by atoms with E-state index in [9.17, 15) is 0 Å². The quantitative estimate of drug-likeness (QED) is 0.656. The molecule has 2 aromatic rings. The van der Waals surface area contributed by atoms with Gasteiger partial charge in [-0.15, -0.1) is 0 Å². The fraction of sp³-hybridized carbons (Fsp3) is 0.267. The van der Waals surface area contributed by atoms with Crippen LogP contribution in [0.4, 0.5) is 5.69 Å². The Morgan fingerprint density at radius 2 is 2.15 bits per heavy atom. The third kappa shape index (κ3) is 3.70. The number of aromatic nitrogens is 1. The molecule has 0 aliphatic heterocycles. The van der Waals surface area contributed by atoms with E-state index in [4.69, 9.17) is 17.4 Å². The number of hydrazine groups is 1. The molecule has 20 heavy (non-hydrogen) atoms. The summed E-state index contributed by atoms with van der Waals surface area (Å²) in [6.07, 6.45) is 1.75. The van der Waals surface area contributed by atoms with Gasteiger partial charge in [-0.2, -0.15) is 0 Å². The molecule has 3 N–H and O–H groups in total. The molecule has 0 saturated heterocycles. The maximum absolute atomic E-state index is 6.04. The minimum Gasteiger partial charge on any atom is -0.324 e. The van der Waals surface area contributed by atoms with Gasteiger partial charge in [0.15, 0.2) is 0 Å². The summed E-state index contributed by atoms with van der Waals surface area (Å²) in [6, 6.07) is 12.0. The number of hydrogen-bond acceptors (Lipinski definition) is 4. The molecule has 0 aliphatic carbocycles. The van der Waals surface area contributed by atoms with Crippen LogP contribution in [-0.2, 0) is 6.54 Å². The number of nitrogen functional groups attached to an aromatic ring is 1. The van der Waals surface area contributed by atoms with E-state index in [0.29, 0.717) is 0 Å². The van der Waals surface area contributed by atoms with Crippen molar-refractivity contribution >= 4 is 17.3 Å². The van der Waals surface area contributed by atoms with Crippen molar-refractivity contribution in [2.75, 3.05) is 12.5 Å². The summed E-state index contributed by atoms with van der Waals surface area (Å²) < 4.78 is 0. The van der Waals surface area contributed by atoms with Gasteiger partial charge in [0.05, 0.1) is 11.4 Å². The Morgan fingerprint density at radius 3 is 2.85 bits per heavy atom. The number of hydrogen-bond donors (Lipinski definition) is 2. The normalized spacial score (nSPS) is 12.4. The second-order valence-corrected chi connectivity index (χ2v) is 5.26. The molecule has 1 aromatic heterocycles. The fourth-order valence-electron chi connectivity index (χ4n) is 2.07. The Labute approximate surface area is 124 Å². The van der Waals surface area contributed by atoms with Crippen LogP contribution < -0.4 is 11.3 Å². The molecule has 106 valence electrons. The van der Waals surface area contributed by atoms with Gasteiger partial charge in [0.1, 0.15) is 0 Å². The molecule has 0 aliphatic rings. The highest BCUT2D eigenvalue weighted by molar-refractivity contribution is 6.30. The molecule has 0 radical (unpaired) electrons. The first kappa shape index (κ1) is 14.8. The second kappa shape index (κ2) is 6.70. The van der Waals surface area contributed by atoms with E-state index >= 15 is 0 Å². The van der Waals surface area contributed by atoms with Gasteiger partial charge in [0.2, 0.25) is 0 Å². The van der Waals surface area contributed by atoms with Crippen LogP contribution in [0.15, 0.2) is 42.6 Å². The summed E-state index contributed by atoms with van der Waals surface area (Å²) in [5.41, 5.74) is 5.65. The van der Waals surface area contributed by atoms with E-state index in [2.05, 4.69) is 35.3 Å². The summed E-state index contributed by atoms with van der Waals surface area (Å²) in [6.45, 7) is 2.89. The van der Waals surface area contributed by atoms with Gasteiger partial charge in [-0.1, -0.05) is 23.7 Å². The third-order valence-electron chi connectivity index (χ3n) is 3.39. The molecule has 1 atom stereocenters. The van der Waals surface area contributed by atoms with Crippen LogP contribution in [0, 0.1) is 0 Å². The molecule has 0 fully saturated rings. The lowest BCUT2D eigenvalue weighted by Crippen LogP contribution is -2.22. The summed E-state index contributed by atoms with van der Waals surface area (Å²) >= 11 is 6.04. The van der Waals surface area contributed by atoms with Crippen molar-refractivity contribution < 1.29 is 0 Å². The molecule has 0 amide bonds. The molecule has 0 bridgehead atoms. The van der Waals surface area contributed by atoms with Crippen LogP contribution in [0.5, 0.6) is 0 Å². The molecular weight excluding hydrogens is 272 g/mol. The molecule has 5 heteroatoms. The van der Waals surface area contributed by atoms with Crippen LogP contribution in [0.2, 0.25) is 5.02 Å². The van der Waals surface area contributed by atoms with E-state index in [0.717, 1.165) is 22.9 Å². The topological polar surface area (TPSA) is 54.2 Å². The summed E-state index contributed by atoms with van der Waals surface area (Å²) in [5.74, 6) is 5.41. The first-order valence-electron chi connectivity index (χ1n) is 6.47. The smallest absolute Gasteiger partial charge is 0.0565 e. The zero-order valence-corrected chi connectivity index (χ0v) is 12.4. The van der Waals surface area contributed by atoms with E-state index in [1.807, 2.05) is 30.3 Å². The van der Waals surface area contributed by atoms with Gasteiger partial charge in [0, 0.05) is 23.8 Å². The number of halogens is 1. The van der Waals surface area contributed by atoms with Gasteiger partial charge >= 0.3 is 0 Å². The lowest BCUT2D eigenvalue weighted by molar-refractivity contribution is 0.250. The van der Waals surface area contributed by atoms with Gasteiger partial charge in [-0.3, -0.25) is 15.7 Å². The summed E-state index contributed by atoms with van der Waals surface area (Å²) in [7, 11) is 2.07. The summed E-state index contributed by atoms with van der Waals surface area (Å²) in [5, 5.41) is 0.759. The fourth-order valence-corrected chi connectivity index (χ4v) is 2.27. The molecule has 1 aromatic carbocycles. The molecule has 4 nitrogen and oxygen atoms in total. The Kier molecular flexibility index (Phi) is 4.95. The van der Waals surface area contributed by atoms with Gasteiger partial charge in [-0.05, 0) is 43.8 Å². The number of nitrogens with zero attached hydrogens (tertiary/aromatic N) is 2. The monoisotopic (exact) mass is 290 g/mol. The van der Waals surface area contributed by atoms with Crippen molar-refractivity contribution in [3.05, 3.63) is 58.9 Å². The minimum atomic E-state index is 0.255. The maximum atomic E-state index is 6.04. The Bertz CT molecular complexity index is 573. The van der Waals surface area contributed by atoms with E-state index in [1.54, 1.807) is 6.20 Å². The molecule has 2 rings (SSSR count). The Hall–Kier alpha value is -1.62. The second-order valence-electron chi connectivity index (χ2n) is 4.83. The number of rotatable bonds is 5. The zero-order valence-electron chi connectivity index (χ0n) is 11.7. The first-order chi connectivity index (χ1) is 9.60. The molecule has 1 heterocycles. The highest BCUT2D eigenvalue weighted by atomic mass is 35.5. The van der Waals surface area contributed by atoms with E-state index in [-0.39, 0.29) is 6.04 Å². The van der Waals surface area contributed by atoms with Gasteiger partial charge in [-0.25, -0.2) is 0 Å². The largest absolute Gasteiger partial charge is 0.324 e. The highest BCUT2D eigenvalue weighted by Gasteiger charge is 2.13. The van der Waals surface area contributed by atoms with Crippen molar-refractivity contribution in [1.82, 2.24) is 9.88 Å². The lowest BCUT2D eigenvalue weighted by Gasteiger charge is -2.25. The van der Waals surface area contributed by atoms with Crippen molar-refractivity contribution in [2.24, 2.45) is 5.84 Å². The number of anilines is 1. The van der Waals surface area contributed by atoms with Crippen LogP contribution in [-0.4, -0.2) is 16.9 Å². The van der Waals surface area contributed by atoms with Crippen LogP contribution in [0.25, 0.3) is 0 Å². The van der Waals surface area contributed by atoms with Crippen LogP contribution >= 0.6 is 11.6 Å². The predicted octanol–water partition coefficient (Wildman–Crippen LogP) is 3.21. The van der Waals surface area contributed by atoms with Crippen LogP contribution in [0.3, 0.4) is 0 Å². The number of pyridine rings is 1. The van der Waals surface area contributed by atoms with Crippen molar-refractivity contribution in [3.63, 3.8) is 0 Å². The van der Waals surface area contributed by atoms with Crippen molar-refractivity contribution in [2.45, 2.75) is 19.5 Å².